The van der Waals surface area contributed by atoms with E-state index in [1.165, 1.54) is 4.90 Å². The molecule has 0 bridgehead atoms. The van der Waals surface area contributed by atoms with Gasteiger partial charge in [0.05, 0.1) is 25.9 Å². The summed E-state index contributed by atoms with van der Waals surface area (Å²) in [7, 11) is 0. The van der Waals surface area contributed by atoms with Crippen molar-refractivity contribution in [3.05, 3.63) is 35.9 Å². The third-order valence-electron chi connectivity index (χ3n) is 5.68. The molecule has 2 aliphatic rings. The van der Waals surface area contributed by atoms with Crippen LogP contribution in [0.1, 0.15) is 32.3 Å². The van der Waals surface area contributed by atoms with E-state index in [0.717, 1.165) is 5.56 Å². The average molecular weight is 434 g/mol. The van der Waals surface area contributed by atoms with Crippen LogP contribution < -0.4 is 5.32 Å². The van der Waals surface area contributed by atoms with Gasteiger partial charge in [0, 0.05) is 13.0 Å². The van der Waals surface area contributed by atoms with E-state index < -0.39 is 41.8 Å². The summed E-state index contributed by atoms with van der Waals surface area (Å²) in [6, 6.07) is 7.01. The number of hydrogen-bond donors (Lipinski definition) is 2. The second-order valence-corrected chi connectivity index (χ2v) is 7.75. The first kappa shape index (κ1) is 23.2. The number of hydrogen-bond acceptors (Lipinski definition) is 7. The Morgan fingerprint density at radius 3 is 2.55 bits per heavy atom. The molecule has 1 aromatic carbocycles. The van der Waals surface area contributed by atoms with Crippen molar-refractivity contribution < 1.29 is 33.7 Å². The number of carboxylic acids is 1. The van der Waals surface area contributed by atoms with Crippen LogP contribution in [-0.2, 0) is 35.0 Å². The number of aryl methyl sites for hydroxylation is 1. The van der Waals surface area contributed by atoms with Gasteiger partial charge in [-0.15, -0.1) is 0 Å². The molecule has 3 rings (SSSR count). The van der Waals surface area contributed by atoms with Crippen molar-refractivity contribution >= 4 is 17.8 Å². The minimum Gasteiger partial charge on any atom is -0.480 e. The van der Waals surface area contributed by atoms with E-state index in [9.17, 15) is 19.5 Å². The zero-order chi connectivity index (χ0) is 22.4. The minimum absolute atomic E-state index is 0.204. The van der Waals surface area contributed by atoms with Gasteiger partial charge in [-0.25, -0.2) is 4.79 Å². The molecule has 0 saturated carbocycles. The Hall–Kier alpha value is -2.49. The fraction of sp³-hybridized carbons (Fsp3) is 0.591. The van der Waals surface area contributed by atoms with Gasteiger partial charge in [0.15, 0.2) is 6.04 Å². The highest BCUT2D eigenvalue weighted by Gasteiger charge is 2.57. The number of rotatable bonds is 9. The van der Waals surface area contributed by atoms with Gasteiger partial charge >= 0.3 is 11.9 Å². The number of benzene rings is 1. The van der Waals surface area contributed by atoms with E-state index in [4.69, 9.17) is 14.2 Å². The lowest BCUT2D eigenvalue weighted by molar-refractivity contribution is -0.192. The molecule has 1 aromatic rings. The van der Waals surface area contributed by atoms with Gasteiger partial charge in [-0.3, -0.25) is 14.9 Å². The second kappa shape index (κ2) is 10.2. The van der Waals surface area contributed by atoms with Gasteiger partial charge in [0.1, 0.15) is 6.04 Å². The van der Waals surface area contributed by atoms with Gasteiger partial charge < -0.3 is 24.2 Å². The fourth-order valence-corrected chi connectivity index (χ4v) is 4.20. The van der Waals surface area contributed by atoms with Crippen molar-refractivity contribution in [1.29, 1.82) is 0 Å². The van der Waals surface area contributed by atoms with Gasteiger partial charge in [-0.05, 0) is 32.3 Å². The largest absolute Gasteiger partial charge is 0.480 e. The minimum atomic E-state index is -1.30. The Balaban J connectivity index is 1.68. The summed E-state index contributed by atoms with van der Waals surface area (Å²) < 4.78 is 16.3. The lowest BCUT2D eigenvalue weighted by Gasteiger charge is -2.32. The molecule has 2 heterocycles. The molecule has 2 aliphatic heterocycles. The van der Waals surface area contributed by atoms with Crippen LogP contribution in [0.2, 0.25) is 0 Å². The SMILES string of the molecule is CCOC(=O)C(CCc1ccccc1)N[C@@H](C)C(=O)N1CCC2(OCCO2)[C@H]1C(=O)O. The standard InChI is InChI=1S/C22H30N2O7/c1-3-29-21(28)17(10-9-16-7-5-4-6-8-16)23-15(2)19(25)24-12-11-22(18(24)20(26)27)30-13-14-31-22/h4-8,15,17-18,23H,3,9-14H2,1-2H3,(H,26,27)/t15-,17?,18+/m0/s1. The van der Waals surface area contributed by atoms with Gasteiger partial charge in [0.25, 0.3) is 0 Å². The molecule has 31 heavy (non-hydrogen) atoms. The van der Waals surface area contributed by atoms with Crippen LogP contribution in [-0.4, -0.2) is 78.1 Å². The second-order valence-electron chi connectivity index (χ2n) is 7.75. The third-order valence-corrected chi connectivity index (χ3v) is 5.68. The number of nitrogens with one attached hydrogen (secondary N) is 1. The number of ether oxygens (including phenoxy) is 3. The van der Waals surface area contributed by atoms with Crippen LogP contribution in [0.15, 0.2) is 30.3 Å². The molecular weight excluding hydrogens is 404 g/mol. The molecule has 170 valence electrons. The van der Waals surface area contributed by atoms with E-state index in [2.05, 4.69) is 5.32 Å². The highest BCUT2D eigenvalue weighted by molar-refractivity contribution is 5.88. The first-order valence-electron chi connectivity index (χ1n) is 10.7. The molecule has 9 heteroatoms. The Morgan fingerprint density at radius 2 is 1.94 bits per heavy atom. The van der Waals surface area contributed by atoms with Crippen LogP contribution in [0.3, 0.4) is 0 Å². The lowest BCUT2D eigenvalue weighted by Crippen LogP contribution is -2.57. The van der Waals surface area contributed by atoms with Crippen molar-refractivity contribution in [2.75, 3.05) is 26.4 Å². The zero-order valence-electron chi connectivity index (χ0n) is 17.9. The molecular formula is C22H30N2O7. The van der Waals surface area contributed by atoms with Gasteiger partial charge in [-0.2, -0.15) is 0 Å². The number of nitrogens with zero attached hydrogens (tertiary/aromatic N) is 1. The zero-order valence-corrected chi connectivity index (χ0v) is 17.9. The highest BCUT2D eigenvalue weighted by Crippen LogP contribution is 2.37. The normalized spacial score (nSPS) is 21.7. The van der Waals surface area contributed by atoms with Crippen LogP contribution in [0.4, 0.5) is 0 Å². The number of likely N-dealkylation sites (tertiary alicyclic amines) is 1. The number of amides is 1. The molecule has 2 saturated heterocycles. The predicted octanol–water partition coefficient (Wildman–Crippen LogP) is 0.958. The quantitative estimate of drug-likeness (QED) is 0.553. The Labute approximate surface area is 181 Å². The number of aliphatic carboxylic acids is 1. The molecule has 2 N–H and O–H groups in total. The molecule has 0 aliphatic carbocycles. The maximum absolute atomic E-state index is 13.1. The summed E-state index contributed by atoms with van der Waals surface area (Å²) in [4.78, 5) is 38.8. The van der Waals surface area contributed by atoms with Gasteiger partial charge in [-0.1, -0.05) is 30.3 Å². The Morgan fingerprint density at radius 1 is 1.26 bits per heavy atom. The van der Waals surface area contributed by atoms with Crippen molar-refractivity contribution in [3.63, 3.8) is 0 Å². The Bertz CT molecular complexity index is 779. The topological polar surface area (TPSA) is 114 Å². The third kappa shape index (κ3) is 5.23. The lowest BCUT2D eigenvalue weighted by atomic mass is 10.0. The fourth-order valence-electron chi connectivity index (χ4n) is 4.20. The first-order chi connectivity index (χ1) is 14.9. The van der Waals surface area contributed by atoms with E-state index in [0.29, 0.717) is 26.1 Å². The number of carbonyl (C=O) groups excluding carboxylic acids is 2. The van der Waals surface area contributed by atoms with E-state index in [-0.39, 0.29) is 19.6 Å². The van der Waals surface area contributed by atoms with Crippen molar-refractivity contribution in [1.82, 2.24) is 10.2 Å². The summed E-state index contributed by atoms with van der Waals surface area (Å²) in [6.45, 7) is 4.37. The summed E-state index contributed by atoms with van der Waals surface area (Å²) in [5.41, 5.74) is 1.07. The van der Waals surface area contributed by atoms with Crippen LogP contribution in [0.25, 0.3) is 0 Å². The summed E-state index contributed by atoms with van der Waals surface area (Å²) >= 11 is 0. The first-order valence-corrected chi connectivity index (χ1v) is 10.7. The summed E-state index contributed by atoms with van der Waals surface area (Å²) in [5.74, 6) is -3.33. The molecule has 2 fully saturated rings. The maximum atomic E-state index is 13.1. The molecule has 0 aromatic heterocycles. The number of esters is 1. The highest BCUT2D eigenvalue weighted by atomic mass is 16.7. The molecule has 1 unspecified atom stereocenters. The monoisotopic (exact) mass is 434 g/mol. The van der Waals surface area contributed by atoms with Crippen molar-refractivity contribution in [2.45, 2.75) is 57.0 Å². The van der Waals surface area contributed by atoms with E-state index in [1.54, 1.807) is 13.8 Å². The maximum Gasteiger partial charge on any atom is 0.332 e. The smallest absolute Gasteiger partial charge is 0.332 e. The van der Waals surface area contributed by atoms with Crippen molar-refractivity contribution in [2.24, 2.45) is 0 Å². The van der Waals surface area contributed by atoms with Gasteiger partial charge in [0.2, 0.25) is 11.7 Å². The van der Waals surface area contributed by atoms with E-state index >= 15 is 0 Å². The molecule has 0 radical (unpaired) electrons. The molecule has 1 amide bonds. The van der Waals surface area contributed by atoms with Crippen molar-refractivity contribution in [3.8, 4) is 0 Å². The summed E-state index contributed by atoms with van der Waals surface area (Å²) in [5, 5.41) is 12.8. The molecule has 3 atom stereocenters. The van der Waals surface area contributed by atoms with Crippen LogP contribution in [0, 0.1) is 0 Å². The van der Waals surface area contributed by atoms with E-state index in [1.807, 2.05) is 30.3 Å². The molecule has 9 nitrogen and oxygen atoms in total. The Kier molecular flexibility index (Phi) is 7.64. The molecule has 1 spiro atoms. The number of carbonyl (C=O) groups is 3. The summed E-state index contributed by atoms with van der Waals surface area (Å²) in [6.07, 6.45) is 1.36. The number of carboxylic acid groups (broad SMARTS) is 1. The van der Waals surface area contributed by atoms with Crippen LogP contribution >= 0.6 is 0 Å². The predicted molar refractivity (Wildman–Crippen MR) is 110 cm³/mol. The average Bonchev–Trinajstić information content (AvgIpc) is 3.38. The van der Waals surface area contributed by atoms with Crippen LogP contribution in [0.5, 0.6) is 0 Å².